The van der Waals surface area contributed by atoms with E-state index in [-0.39, 0.29) is 10.8 Å². The van der Waals surface area contributed by atoms with Crippen LogP contribution in [0.15, 0.2) is 12.2 Å². The summed E-state index contributed by atoms with van der Waals surface area (Å²) >= 11 is 6.20. The molecule has 90 valence electrons. The van der Waals surface area contributed by atoms with Crippen LogP contribution in [-0.4, -0.2) is 11.2 Å². The second-order valence-corrected chi connectivity index (χ2v) is 6.37. The Morgan fingerprint density at radius 3 is 2.81 bits per heavy atom. The van der Waals surface area contributed by atoms with Crippen LogP contribution < -0.4 is 0 Å². The molecule has 0 N–H and O–H groups in total. The molecule has 1 nitrogen and oxygen atoms in total. The number of hydrogen-bond acceptors (Lipinski definition) is 1. The molecule has 0 aromatic carbocycles. The Balaban J connectivity index is 1.99. The largest absolute Gasteiger partial charge is 0.299 e. The maximum atomic E-state index is 12.2. The molecule has 0 saturated heterocycles. The Hall–Kier alpha value is -0.300. The molecule has 0 aromatic rings. The molecule has 0 radical (unpaired) electrons. The van der Waals surface area contributed by atoms with Gasteiger partial charge in [-0.1, -0.05) is 19.1 Å². The molecule has 0 aliphatic heterocycles. The predicted octanol–water partition coefficient (Wildman–Crippen LogP) is 3.96. The molecule has 0 aromatic heterocycles. The Labute approximate surface area is 103 Å². The second-order valence-electron chi connectivity index (χ2n) is 5.84. The van der Waals surface area contributed by atoms with Gasteiger partial charge in [0.15, 0.2) is 0 Å². The van der Waals surface area contributed by atoms with E-state index in [2.05, 4.69) is 13.5 Å². The highest BCUT2D eigenvalue weighted by atomic mass is 35.5. The third kappa shape index (κ3) is 1.84. The van der Waals surface area contributed by atoms with E-state index in [0.717, 1.165) is 31.3 Å². The summed E-state index contributed by atoms with van der Waals surface area (Å²) in [5.74, 6) is 1.50. The smallest absolute Gasteiger partial charge is 0.142 e. The maximum absolute atomic E-state index is 12.2. The van der Waals surface area contributed by atoms with E-state index in [0.29, 0.717) is 17.6 Å². The minimum Gasteiger partial charge on any atom is -0.299 e. The quantitative estimate of drug-likeness (QED) is 0.537. The van der Waals surface area contributed by atoms with Crippen molar-refractivity contribution in [2.75, 3.05) is 0 Å². The van der Waals surface area contributed by atoms with Gasteiger partial charge in [0.05, 0.1) is 5.38 Å². The summed E-state index contributed by atoms with van der Waals surface area (Å²) in [6.07, 6.45) is 5.34. The average Bonchev–Trinajstić information content (AvgIpc) is 2.79. The first-order valence-electron chi connectivity index (χ1n) is 6.29. The van der Waals surface area contributed by atoms with E-state index in [9.17, 15) is 4.79 Å². The topological polar surface area (TPSA) is 17.1 Å². The van der Waals surface area contributed by atoms with Gasteiger partial charge in [0.2, 0.25) is 0 Å². The zero-order chi connectivity index (χ0) is 11.9. The number of rotatable bonds is 4. The van der Waals surface area contributed by atoms with Crippen molar-refractivity contribution in [2.24, 2.45) is 17.3 Å². The van der Waals surface area contributed by atoms with Gasteiger partial charge in [-0.25, -0.2) is 0 Å². The summed E-state index contributed by atoms with van der Waals surface area (Å²) in [7, 11) is 0. The monoisotopic (exact) mass is 240 g/mol. The maximum Gasteiger partial charge on any atom is 0.142 e. The van der Waals surface area contributed by atoms with Crippen LogP contribution in [0, 0.1) is 17.3 Å². The lowest BCUT2D eigenvalue weighted by atomic mass is 9.70. The van der Waals surface area contributed by atoms with Crippen LogP contribution in [0.2, 0.25) is 0 Å². The molecule has 0 spiro atoms. The summed E-state index contributed by atoms with van der Waals surface area (Å²) in [4.78, 5) is 12.2. The lowest BCUT2D eigenvalue weighted by molar-refractivity contribution is -0.131. The van der Waals surface area contributed by atoms with Crippen molar-refractivity contribution >= 4 is 17.4 Å². The van der Waals surface area contributed by atoms with Crippen LogP contribution in [0.4, 0.5) is 0 Å². The number of carbonyl (C=O) groups is 1. The normalized spacial score (nSPS) is 39.1. The predicted molar refractivity (Wildman–Crippen MR) is 67.6 cm³/mol. The van der Waals surface area contributed by atoms with E-state index in [1.165, 1.54) is 6.42 Å². The molecular formula is C14H21ClO. The lowest BCUT2D eigenvalue weighted by Crippen LogP contribution is -2.34. The first-order chi connectivity index (χ1) is 7.45. The fraction of sp³-hybridized carbons (Fsp3) is 0.786. The van der Waals surface area contributed by atoms with Gasteiger partial charge < -0.3 is 0 Å². The van der Waals surface area contributed by atoms with Crippen molar-refractivity contribution in [3.8, 4) is 0 Å². The number of alkyl halides is 1. The first kappa shape index (κ1) is 12.2. The molecule has 0 amide bonds. The van der Waals surface area contributed by atoms with Crippen molar-refractivity contribution in [1.29, 1.82) is 0 Å². The van der Waals surface area contributed by atoms with Gasteiger partial charge in [0.25, 0.3) is 0 Å². The van der Waals surface area contributed by atoms with Crippen molar-refractivity contribution in [2.45, 2.75) is 51.3 Å². The standard InChI is InChI=1S/C14H21ClO/c1-9(2)12(15)6-7-14(3)11-5-4-10(8-11)13(14)16/h10-12H,1,4-8H2,2-3H3. The van der Waals surface area contributed by atoms with Gasteiger partial charge in [-0.05, 0) is 44.9 Å². The van der Waals surface area contributed by atoms with Crippen LogP contribution in [0.5, 0.6) is 0 Å². The van der Waals surface area contributed by atoms with Crippen LogP contribution in [0.25, 0.3) is 0 Å². The number of Topliss-reactive ketones (excluding diaryl/α,β-unsaturated/α-hetero) is 1. The molecule has 2 saturated carbocycles. The fourth-order valence-electron chi connectivity index (χ4n) is 3.47. The third-order valence-electron chi connectivity index (χ3n) is 4.72. The number of ketones is 1. The highest BCUT2D eigenvalue weighted by Gasteiger charge is 2.54. The van der Waals surface area contributed by atoms with Gasteiger partial charge in [-0.3, -0.25) is 4.79 Å². The zero-order valence-corrected chi connectivity index (χ0v) is 11.0. The highest BCUT2D eigenvalue weighted by molar-refractivity contribution is 6.22. The number of carbonyl (C=O) groups excluding carboxylic acids is 1. The molecular weight excluding hydrogens is 220 g/mol. The molecule has 2 aliphatic rings. The van der Waals surface area contributed by atoms with Crippen LogP contribution in [-0.2, 0) is 4.79 Å². The van der Waals surface area contributed by atoms with Gasteiger partial charge >= 0.3 is 0 Å². The average molecular weight is 241 g/mol. The van der Waals surface area contributed by atoms with Crippen molar-refractivity contribution in [3.63, 3.8) is 0 Å². The molecule has 16 heavy (non-hydrogen) atoms. The van der Waals surface area contributed by atoms with Crippen LogP contribution in [0.3, 0.4) is 0 Å². The summed E-state index contributed by atoms with van der Waals surface area (Å²) in [6, 6.07) is 0. The molecule has 2 aliphatic carbocycles. The third-order valence-corrected chi connectivity index (χ3v) is 5.31. The van der Waals surface area contributed by atoms with E-state index >= 15 is 0 Å². The van der Waals surface area contributed by atoms with Crippen LogP contribution in [0.1, 0.15) is 46.0 Å². The zero-order valence-electron chi connectivity index (χ0n) is 10.3. The molecule has 4 atom stereocenters. The van der Waals surface area contributed by atoms with Gasteiger partial charge in [-0.15, -0.1) is 11.6 Å². The first-order valence-corrected chi connectivity index (χ1v) is 6.72. The number of fused-ring (bicyclic) bond motifs is 2. The Kier molecular flexibility index (Phi) is 3.18. The molecule has 4 unspecified atom stereocenters. The summed E-state index contributed by atoms with van der Waals surface area (Å²) in [5, 5.41) is 0.0313. The molecule has 2 fully saturated rings. The second kappa shape index (κ2) is 4.18. The Morgan fingerprint density at radius 1 is 1.62 bits per heavy atom. The summed E-state index contributed by atoms with van der Waals surface area (Å²) < 4.78 is 0. The minimum atomic E-state index is -0.0779. The Morgan fingerprint density at radius 2 is 2.31 bits per heavy atom. The van der Waals surface area contributed by atoms with Gasteiger partial charge in [0, 0.05) is 11.3 Å². The highest BCUT2D eigenvalue weighted by Crippen LogP contribution is 2.55. The molecule has 0 heterocycles. The lowest BCUT2D eigenvalue weighted by Gasteiger charge is -2.33. The van der Waals surface area contributed by atoms with Gasteiger partial charge in [-0.2, -0.15) is 0 Å². The number of hydrogen-bond donors (Lipinski definition) is 0. The van der Waals surface area contributed by atoms with Crippen molar-refractivity contribution in [1.82, 2.24) is 0 Å². The Bertz CT molecular complexity index is 323. The van der Waals surface area contributed by atoms with E-state index < -0.39 is 0 Å². The van der Waals surface area contributed by atoms with Gasteiger partial charge in [0.1, 0.15) is 5.78 Å². The van der Waals surface area contributed by atoms with Crippen molar-refractivity contribution in [3.05, 3.63) is 12.2 Å². The minimum absolute atomic E-state index is 0.0313. The van der Waals surface area contributed by atoms with Crippen LogP contribution >= 0.6 is 11.6 Å². The van der Waals surface area contributed by atoms with Crippen molar-refractivity contribution < 1.29 is 4.79 Å². The number of allylic oxidation sites excluding steroid dienone is 1. The van der Waals surface area contributed by atoms with E-state index in [1.54, 1.807) is 0 Å². The SMILES string of the molecule is C=C(C)C(Cl)CCC1(C)C(=O)C2CCC1C2. The van der Waals surface area contributed by atoms with E-state index in [1.807, 2.05) is 6.92 Å². The molecule has 2 bridgehead atoms. The molecule has 2 heteroatoms. The summed E-state index contributed by atoms with van der Waals surface area (Å²) in [6.45, 7) is 7.99. The fourth-order valence-corrected chi connectivity index (χ4v) is 3.58. The number of halogens is 1. The summed E-state index contributed by atoms with van der Waals surface area (Å²) in [5.41, 5.74) is 0.937. The van der Waals surface area contributed by atoms with E-state index in [4.69, 9.17) is 11.6 Å². The molecule has 2 rings (SSSR count).